The fourth-order valence-corrected chi connectivity index (χ4v) is 0. The van der Waals surface area contributed by atoms with Crippen LogP contribution in [0.15, 0.2) is 0 Å². The zero-order chi connectivity index (χ0) is 9.49. The van der Waals surface area contributed by atoms with Crippen molar-refractivity contribution in [3.05, 3.63) is 0 Å². The molecule has 4 N–H and O–H groups in total. The molecular formula is C3H9NaO7S. The van der Waals surface area contributed by atoms with Crippen LogP contribution in [0.3, 0.4) is 0 Å². The summed E-state index contributed by atoms with van der Waals surface area (Å²) in [7, 11) is -4.82. The number of hydrogen-bond donors (Lipinski definition) is 4. The number of hydrogen-bond acceptors (Lipinski definition) is 5. The van der Waals surface area contributed by atoms with Crippen molar-refractivity contribution in [2.45, 2.75) is 0 Å². The standard InChI is InChI=1S/C2H6O2.CH2O5S.Na.H/c3-1-2-4;2-1(3)7(4,5)6;;/h3-4H,1-2H2;(H,2,3)(H,4,5,6);;. The Bertz CT molecular complexity index is 195. The first-order chi connectivity index (χ1) is 4.86. The maximum atomic E-state index is 9.29. The zero-order valence-electron chi connectivity index (χ0n) is 5.34. The SMILES string of the molecule is O=C(O)S(=O)(=O)O.OCCO.[NaH]. The topological polar surface area (TPSA) is 132 Å². The molecule has 0 amide bonds. The summed E-state index contributed by atoms with van der Waals surface area (Å²) < 4.78 is 26.0. The molecule has 0 saturated carbocycles. The van der Waals surface area contributed by atoms with Gasteiger partial charge in [0.15, 0.2) is 0 Å². The van der Waals surface area contributed by atoms with Crippen LogP contribution in [0.25, 0.3) is 0 Å². The molecule has 0 aliphatic heterocycles. The first-order valence-corrected chi connectivity index (χ1v) is 3.72. The van der Waals surface area contributed by atoms with E-state index in [0.29, 0.717) is 0 Å². The number of rotatable bonds is 1. The van der Waals surface area contributed by atoms with E-state index in [0.717, 1.165) is 0 Å². The predicted molar refractivity (Wildman–Crippen MR) is 40.9 cm³/mol. The van der Waals surface area contributed by atoms with Crippen LogP contribution in [0, 0.1) is 0 Å². The number of carbonyl (C=O) groups is 1. The van der Waals surface area contributed by atoms with Gasteiger partial charge in [0.05, 0.1) is 13.2 Å². The van der Waals surface area contributed by atoms with E-state index in [1.54, 1.807) is 0 Å². The van der Waals surface area contributed by atoms with E-state index >= 15 is 0 Å². The van der Waals surface area contributed by atoms with Gasteiger partial charge in [0.2, 0.25) is 0 Å². The molecule has 0 aromatic rings. The fourth-order valence-electron chi connectivity index (χ4n) is 0. The van der Waals surface area contributed by atoms with E-state index in [1.807, 2.05) is 0 Å². The Hall–Kier alpha value is 0.300. The van der Waals surface area contributed by atoms with E-state index in [1.165, 1.54) is 0 Å². The molecule has 7 nitrogen and oxygen atoms in total. The maximum absolute atomic E-state index is 9.29. The Balaban J connectivity index is -0.000000142. The second-order valence-electron chi connectivity index (χ2n) is 1.19. The van der Waals surface area contributed by atoms with E-state index in [9.17, 15) is 13.2 Å². The van der Waals surface area contributed by atoms with Gasteiger partial charge in [-0.1, -0.05) is 0 Å². The molecule has 0 unspecified atom stereocenters. The molecule has 0 aliphatic carbocycles. The average molecular weight is 212 g/mol. The molecule has 0 rings (SSSR count). The van der Waals surface area contributed by atoms with Gasteiger partial charge in [-0.05, 0) is 0 Å². The van der Waals surface area contributed by atoms with Crippen LogP contribution in [-0.2, 0) is 10.1 Å². The van der Waals surface area contributed by atoms with E-state index in [4.69, 9.17) is 19.9 Å². The van der Waals surface area contributed by atoms with E-state index in [2.05, 4.69) is 0 Å². The third-order valence-electron chi connectivity index (χ3n) is 0.321. The Labute approximate surface area is 91.1 Å². The molecule has 0 fully saturated rings. The summed E-state index contributed by atoms with van der Waals surface area (Å²) in [6, 6.07) is 0. The third-order valence-corrected chi connectivity index (χ3v) is 0.762. The van der Waals surface area contributed by atoms with Crippen LogP contribution in [-0.4, -0.2) is 76.4 Å². The molecule has 0 radical (unpaired) electrons. The van der Waals surface area contributed by atoms with Gasteiger partial charge in [-0.3, -0.25) is 4.55 Å². The molecule has 0 bridgehead atoms. The van der Waals surface area contributed by atoms with Crippen LogP contribution in [0.2, 0.25) is 0 Å². The van der Waals surface area contributed by atoms with Crippen LogP contribution >= 0.6 is 0 Å². The van der Waals surface area contributed by atoms with Crippen LogP contribution in [0.1, 0.15) is 0 Å². The van der Waals surface area contributed by atoms with Gasteiger partial charge in [0.25, 0.3) is 0 Å². The quantitative estimate of drug-likeness (QED) is 0.288. The monoisotopic (exact) mass is 212 g/mol. The molecular weight excluding hydrogens is 203 g/mol. The van der Waals surface area contributed by atoms with Crippen LogP contribution in [0.4, 0.5) is 4.79 Å². The van der Waals surface area contributed by atoms with Crippen molar-refractivity contribution >= 4 is 45.0 Å². The normalized spacial score (nSPS) is 8.92. The average Bonchev–Trinajstić information content (AvgIpc) is 1.87. The van der Waals surface area contributed by atoms with Crippen molar-refractivity contribution in [1.82, 2.24) is 0 Å². The summed E-state index contributed by atoms with van der Waals surface area (Å²) in [5, 5.41) is 20.4. The molecule has 0 aromatic heterocycles. The summed E-state index contributed by atoms with van der Waals surface area (Å²) in [4.78, 5) is 9.18. The summed E-state index contributed by atoms with van der Waals surface area (Å²) in [6.07, 6.45) is 0. The van der Waals surface area contributed by atoms with Crippen molar-refractivity contribution in [2.24, 2.45) is 0 Å². The van der Waals surface area contributed by atoms with Gasteiger partial charge >= 0.3 is 45.0 Å². The van der Waals surface area contributed by atoms with Gasteiger partial charge in [0.1, 0.15) is 0 Å². The van der Waals surface area contributed by atoms with Crippen molar-refractivity contribution in [3.63, 3.8) is 0 Å². The summed E-state index contributed by atoms with van der Waals surface area (Å²) in [6.45, 7) is -0.250. The summed E-state index contributed by atoms with van der Waals surface area (Å²) >= 11 is 0. The first-order valence-electron chi connectivity index (χ1n) is 2.28. The number of aliphatic hydroxyl groups excluding tert-OH is 2. The Kier molecular flexibility index (Phi) is 14.2. The molecule has 70 valence electrons. The third kappa shape index (κ3) is 16.7. The molecule has 0 aromatic carbocycles. The summed E-state index contributed by atoms with van der Waals surface area (Å²) in [5.41, 5.74) is 0. The summed E-state index contributed by atoms with van der Waals surface area (Å²) in [5.74, 6) is 0. The molecule has 9 heteroatoms. The number of carboxylic acid groups (broad SMARTS) is 1. The van der Waals surface area contributed by atoms with E-state index < -0.39 is 15.4 Å². The van der Waals surface area contributed by atoms with Crippen LogP contribution < -0.4 is 0 Å². The molecule has 0 heterocycles. The van der Waals surface area contributed by atoms with Crippen LogP contribution in [0.5, 0.6) is 0 Å². The molecule has 0 spiro atoms. The van der Waals surface area contributed by atoms with Crippen molar-refractivity contribution in [3.8, 4) is 0 Å². The molecule has 0 saturated heterocycles. The fraction of sp³-hybridized carbons (Fsp3) is 0.667. The van der Waals surface area contributed by atoms with E-state index in [-0.39, 0.29) is 42.8 Å². The molecule has 0 aliphatic rings. The van der Waals surface area contributed by atoms with Gasteiger partial charge in [-0.15, -0.1) is 0 Å². The Morgan fingerprint density at radius 2 is 1.33 bits per heavy atom. The Morgan fingerprint density at radius 3 is 1.33 bits per heavy atom. The first kappa shape index (κ1) is 18.2. The van der Waals surface area contributed by atoms with Crippen molar-refractivity contribution < 1.29 is 33.1 Å². The predicted octanol–water partition coefficient (Wildman–Crippen LogP) is -2.13. The second-order valence-corrected chi connectivity index (χ2v) is 2.49. The molecule has 0 atom stereocenters. The van der Waals surface area contributed by atoms with Crippen molar-refractivity contribution in [2.75, 3.05) is 13.2 Å². The van der Waals surface area contributed by atoms with Gasteiger partial charge in [-0.25, -0.2) is 4.79 Å². The molecule has 12 heavy (non-hydrogen) atoms. The number of aliphatic hydroxyl groups is 2. The van der Waals surface area contributed by atoms with Gasteiger partial charge in [-0.2, -0.15) is 8.42 Å². The minimum atomic E-state index is -4.82. The Morgan fingerprint density at radius 1 is 1.17 bits per heavy atom. The van der Waals surface area contributed by atoms with Gasteiger partial charge in [0, 0.05) is 0 Å². The second kappa shape index (κ2) is 9.39. The minimum absolute atomic E-state index is 0. The van der Waals surface area contributed by atoms with Gasteiger partial charge < -0.3 is 15.3 Å². The van der Waals surface area contributed by atoms with Crippen molar-refractivity contribution in [1.29, 1.82) is 0 Å². The zero-order valence-corrected chi connectivity index (χ0v) is 6.15.